The Bertz CT molecular complexity index is 558. The number of rotatable bonds is 8. The Morgan fingerprint density at radius 1 is 1.28 bits per heavy atom. The van der Waals surface area contributed by atoms with Crippen LogP contribution < -0.4 is 10.6 Å². The van der Waals surface area contributed by atoms with E-state index in [-0.39, 0.29) is 5.41 Å². The van der Waals surface area contributed by atoms with Crippen LogP contribution in [-0.4, -0.2) is 36.2 Å². The van der Waals surface area contributed by atoms with Crippen LogP contribution in [-0.2, 0) is 11.3 Å². The van der Waals surface area contributed by atoms with Gasteiger partial charge in [-0.05, 0) is 47.0 Å². The van der Waals surface area contributed by atoms with Crippen molar-refractivity contribution >= 4 is 5.96 Å². The highest BCUT2D eigenvalue weighted by atomic mass is 16.5. The van der Waals surface area contributed by atoms with E-state index in [0.29, 0.717) is 24.6 Å². The summed E-state index contributed by atoms with van der Waals surface area (Å²) in [6.07, 6.45) is 3.56. The van der Waals surface area contributed by atoms with E-state index in [1.54, 1.807) is 0 Å². The maximum absolute atomic E-state index is 5.97. The molecule has 142 valence electrons. The molecule has 1 aliphatic carbocycles. The number of oxazole rings is 1. The zero-order chi connectivity index (χ0) is 18.4. The van der Waals surface area contributed by atoms with Gasteiger partial charge in [0.25, 0.3) is 0 Å². The van der Waals surface area contributed by atoms with Crippen LogP contribution in [0.25, 0.3) is 0 Å². The van der Waals surface area contributed by atoms with E-state index in [1.165, 1.54) is 0 Å². The summed E-state index contributed by atoms with van der Waals surface area (Å²) >= 11 is 0. The second-order valence-electron chi connectivity index (χ2n) is 6.76. The second-order valence-corrected chi connectivity index (χ2v) is 6.76. The predicted octanol–water partition coefficient (Wildman–Crippen LogP) is 3.33. The quantitative estimate of drug-likeness (QED) is 0.556. The van der Waals surface area contributed by atoms with Crippen molar-refractivity contribution in [2.75, 3.05) is 13.2 Å². The molecular weight excluding hydrogens is 316 g/mol. The normalized spacial score (nSPS) is 22.6. The Morgan fingerprint density at radius 3 is 2.52 bits per heavy atom. The minimum absolute atomic E-state index is 0.183. The number of aliphatic imine (C=N–C) groups is 1. The Balaban J connectivity index is 2.06. The molecule has 0 aliphatic heterocycles. The highest BCUT2D eigenvalue weighted by molar-refractivity contribution is 5.80. The number of hydrogen-bond acceptors (Lipinski definition) is 4. The molecule has 2 N–H and O–H groups in total. The molecule has 0 radical (unpaired) electrons. The molecule has 1 fully saturated rings. The van der Waals surface area contributed by atoms with Gasteiger partial charge in [-0.2, -0.15) is 0 Å². The Labute approximate surface area is 151 Å². The van der Waals surface area contributed by atoms with Crippen molar-refractivity contribution < 1.29 is 9.15 Å². The van der Waals surface area contributed by atoms with Gasteiger partial charge in [0.05, 0.1) is 11.8 Å². The summed E-state index contributed by atoms with van der Waals surface area (Å²) in [5.74, 6) is 2.34. The van der Waals surface area contributed by atoms with E-state index in [9.17, 15) is 0 Å². The lowest BCUT2D eigenvalue weighted by atomic mass is 9.58. The lowest BCUT2D eigenvalue weighted by Crippen LogP contribution is -2.65. The molecule has 0 aromatic carbocycles. The van der Waals surface area contributed by atoms with Crippen LogP contribution in [0.5, 0.6) is 0 Å². The highest BCUT2D eigenvalue weighted by Crippen LogP contribution is 2.48. The number of ether oxygens (including phenoxy) is 1. The van der Waals surface area contributed by atoms with Crippen LogP contribution in [0.3, 0.4) is 0 Å². The number of aromatic nitrogens is 1. The molecule has 0 saturated heterocycles. The molecule has 1 aromatic heterocycles. The molecule has 6 nitrogen and oxygen atoms in total. The zero-order valence-corrected chi connectivity index (χ0v) is 16.6. The van der Waals surface area contributed by atoms with Crippen LogP contribution in [0.1, 0.15) is 64.3 Å². The SMILES string of the molecule is CCNC(=NCc1nc(C)c(C)o1)NC1CC(OCC)C1(CC)CC. The molecule has 1 heterocycles. The topological polar surface area (TPSA) is 71.7 Å². The standard InChI is InChI=1S/C19H34N4O2/c1-7-19(8-2)15(11-16(19)24-10-4)23-18(20-9-3)21-12-17-22-13(5)14(6)25-17/h15-16H,7-12H2,1-6H3,(H2,20,21,23). The molecule has 6 heteroatoms. The van der Waals surface area contributed by atoms with E-state index >= 15 is 0 Å². The van der Waals surface area contributed by atoms with E-state index in [2.05, 4.69) is 48.3 Å². The summed E-state index contributed by atoms with van der Waals surface area (Å²) in [6, 6.07) is 0.380. The van der Waals surface area contributed by atoms with Crippen LogP contribution in [0, 0.1) is 19.3 Å². The van der Waals surface area contributed by atoms with Crippen LogP contribution in [0.4, 0.5) is 0 Å². The summed E-state index contributed by atoms with van der Waals surface area (Å²) in [5, 5.41) is 6.95. The van der Waals surface area contributed by atoms with Gasteiger partial charge in [0, 0.05) is 24.6 Å². The van der Waals surface area contributed by atoms with Gasteiger partial charge in [0.15, 0.2) is 5.96 Å². The minimum atomic E-state index is 0.183. The van der Waals surface area contributed by atoms with E-state index in [4.69, 9.17) is 9.15 Å². The first-order valence-corrected chi connectivity index (χ1v) is 9.59. The number of aryl methyl sites for hydroxylation is 2. The van der Waals surface area contributed by atoms with Gasteiger partial charge in [0.2, 0.25) is 5.89 Å². The van der Waals surface area contributed by atoms with Gasteiger partial charge < -0.3 is 19.8 Å². The van der Waals surface area contributed by atoms with Crippen LogP contribution >= 0.6 is 0 Å². The van der Waals surface area contributed by atoms with Crippen molar-refractivity contribution in [3.63, 3.8) is 0 Å². The molecular formula is C19H34N4O2. The van der Waals surface area contributed by atoms with Crippen LogP contribution in [0.15, 0.2) is 9.41 Å². The third-order valence-corrected chi connectivity index (χ3v) is 5.57. The van der Waals surface area contributed by atoms with Gasteiger partial charge in [0.1, 0.15) is 12.3 Å². The van der Waals surface area contributed by atoms with E-state index in [0.717, 1.165) is 49.8 Å². The van der Waals surface area contributed by atoms with E-state index < -0.39 is 0 Å². The Kier molecular flexibility index (Phi) is 6.87. The smallest absolute Gasteiger partial charge is 0.216 e. The minimum Gasteiger partial charge on any atom is -0.444 e. The lowest BCUT2D eigenvalue weighted by molar-refractivity contribution is -0.133. The van der Waals surface area contributed by atoms with Crippen LogP contribution in [0.2, 0.25) is 0 Å². The third kappa shape index (κ3) is 4.17. The summed E-state index contributed by atoms with van der Waals surface area (Å²) in [7, 11) is 0. The molecule has 2 unspecified atom stereocenters. The summed E-state index contributed by atoms with van der Waals surface area (Å²) in [5.41, 5.74) is 1.11. The van der Waals surface area contributed by atoms with E-state index in [1.807, 2.05) is 13.8 Å². The fourth-order valence-electron chi connectivity index (χ4n) is 3.82. The number of nitrogens with zero attached hydrogens (tertiary/aromatic N) is 2. The molecule has 1 aromatic rings. The Hall–Kier alpha value is -1.56. The maximum Gasteiger partial charge on any atom is 0.216 e. The zero-order valence-electron chi connectivity index (χ0n) is 16.6. The maximum atomic E-state index is 5.97. The molecule has 25 heavy (non-hydrogen) atoms. The van der Waals surface area contributed by atoms with Gasteiger partial charge in [-0.15, -0.1) is 0 Å². The Morgan fingerprint density at radius 2 is 2.00 bits per heavy atom. The molecule has 0 bridgehead atoms. The molecule has 0 amide bonds. The average molecular weight is 351 g/mol. The fourth-order valence-corrected chi connectivity index (χ4v) is 3.82. The molecule has 1 aliphatic rings. The number of hydrogen-bond donors (Lipinski definition) is 2. The number of guanidine groups is 1. The van der Waals surface area contributed by atoms with Crippen molar-refractivity contribution in [1.82, 2.24) is 15.6 Å². The lowest BCUT2D eigenvalue weighted by Gasteiger charge is -2.55. The number of nitrogens with one attached hydrogen (secondary N) is 2. The molecule has 2 rings (SSSR count). The first-order valence-electron chi connectivity index (χ1n) is 9.59. The van der Waals surface area contributed by atoms with Gasteiger partial charge in [-0.25, -0.2) is 9.98 Å². The van der Waals surface area contributed by atoms with Crippen molar-refractivity contribution in [2.24, 2.45) is 10.4 Å². The van der Waals surface area contributed by atoms with Crippen molar-refractivity contribution in [3.8, 4) is 0 Å². The largest absolute Gasteiger partial charge is 0.444 e. The molecule has 1 saturated carbocycles. The van der Waals surface area contributed by atoms with Crippen molar-refractivity contribution in [3.05, 3.63) is 17.3 Å². The first kappa shape index (κ1) is 19.8. The predicted molar refractivity (Wildman–Crippen MR) is 101 cm³/mol. The third-order valence-electron chi connectivity index (χ3n) is 5.57. The highest BCUT2D eigenvalue weighted by Gasteiger charge is 2.53. The summed E-state index contributed by atoms with van der Waals surface area (Å²) in [6.45, 7) is 14.6. The van der Waals surface area contributed by atoms with Gasteiger partial charge >= 0.3 is 0 Å². The fraction of sp³-hybridized carbons (Fsp3) is 0.789. The average Bonchev–Trinajstić information content (AvgIpc) is 2.91. The molecule has 2 atom stereocenters. The van der Waals surface area contributed by atoms with Gasteiger partial charge in [-0.3, -0.25) is 0 Å². The van der Waals surface area contributed by atoms with Gasteiger partial charge in [-0.1, -0.05) is 13.8 Å². The second kappa shape index (κ2) is 8.70. The summed E-state index contributed by atoms with van der Waals surface area (Å²) in [4.78, 5) is 9.07. The summed E-state index contributed by atoms with van der Waals surface area (Å²) < 4.78 is 11.6. The van der Waals surface area contributed by atoms with Crippen molar-refractivity contribution in [2.45, 2.75) is 79.5 Å². The monoisotopic (exact) mass is 350 g/mol. The van der Waals surface area contributed by atoms with Crippen molar-refractivity contribution in [1.29, 1.82) is 0 Å². The first-order chi connectivity index (χ1) is 12.0. The molecule has 0 spiro atoms.